The highest BCUT2D eigenvalue weighted by molar-refractivity contribution is 9.10. The number of fused-ring (bicyclic) bond motifs is 1. The van der Waals surface area contributed by atoms with Crippen LogP contribution in [0.4, 0.5) is 0 Å². The van der Waals surface area contributed by atoms with Crippen molar-refractivity contribution in [1.29, 1.82) is 0 Å². The third-order valence-corrected chi connectivity index (χ3v) is 3.55. The Morgan fingerprint density at radius 1 is 1.33 bits per heavy atom. The Morgan fingerprint density at radius 3 is 2.81 bits per heavy atom. The molecule has 5 nitrogen and oxygen atoms in total. The lowest BCUT2D eigenvalue weighted by molar-refractivity contribution is -0.141. The van der Waals surface area contributed by atoms with Crippen molar-refractivity contribution in [2.75, 3.05) is 13.2 Å². The van der Waals surface area contributed by atoms with Gasteiger partial charge in [0.15, 0.2) is 0 Å². The molecule has 0 atom stereocenters. The van der Waals surface area contributed by atoms with Gasteiger partial charge < -0.3 is 10.1 Å². The van der Waals surface area contributed by atoms with Crippen LogP contribution in [0.2, 0.25) is 0 Å². The van der Waals surface area contributed by atoms with E-state index in [1.807, 2.05) is 31.2 Å². The van der Waals surface area contributed by atoms with Gasteiger partial charge in [0.05, 0.1) is 6.61 Å². The molecular weight excluding hydrogens is 336 g/mol. The van der Waals surface area contributed by atoms with Gasteiger partial charge in [-0.2, -0.15) is 0 Å². The van der Waals surface area contributed by atoms with Gasteiger partial charge in [0, 0.05) is 20.9 Å². The number of esters is 1. The number of ether oxygens (including phenoxy) is 1. The van der Waals surface area contributed by atoms with Gasteiger partial charge in [-0.3, -0.25) is 9.59 Å². The number of benzene rings is 1. The maximum Gasteiger partial charge on any atom is 0.325 e. The zero-order valence-corrected chi connectivity index (χ0v) is 13.4. The molecule has 6 heteroatoms. The zero-order valence-electron chi connectivity index (χ0n) is 11.8. The first kappa shape index (κ1) is 15.4. The number of carbonyl (C=O) groups excluding carboxylic acids is 2. The molecule has 1 N–H and O–H groups in total. The van der Waals surface area contributed by atoms with Crippen molar-refractivity contribution in [2.24, 2.45) is 0 Å². The van der Waals surface area contributed by atoms with Crippen molar-refractivity contribution in [3.63, 3.8) is 0 Å². The van der Waals surface area contributed by atoms with Crippen LogP contribution in [0.5, 0.6) is 0 Å². The fraction of sp³-hybridized carbons (Fsp3) is 0.267. The molecule has 0 unspecified atom stereocenters. The second-order valence-electron chi connectivity index (χ2n) is 4.43. The van der Waals surface area contributed by atoms with Crippen LogP contribution in [0.3, 0.4) is 0 Å². The molecule has 110 valence electrons. The van der Waals surface area contributed by atoms with E-state index in [9.17, 15) is 9.59 Å². The Kier molecular flexibility index (Phi) is 4.90. The highest BCUT2D eigenvalue weighted by Gasteiger charge is 2.15. The number of carbonyl (C=O) groups is 2. The minimum atomic E-state index is -0.469. The van der Waals surface area contributed by atoms with Crippen molar-refractivity contribution in [1.82, 2.24) is 10.3 Å². The Balaban J connectivity index is 2.31. The number of halogens is 1. The monoisotopic (exact) mass is 350 g/mol. The van der Waals surface area contributed by atoms with Gasteiger partial charge in [0.1, 0.15) is 12.2 Å². The second-order valence-corrected chi connectivity index (χ2v) is 5.29. The molecule has 2 rings (SSSR count). The molecule has 0 fully saturated rings. The highest BCUT2D eigenvalue weighted by atomic mass is 79.9. The summed E-state index contributed by atoms with van der Waals surface area (Å²) in [6.45, 7) is 3.65. The third kappa shape index (κ3) is 3.58. The van der Waals surface area contributed by atoms with E-state index in [-0.39, 0.29) is 13.2 Å². The molecule has 1 aromatic carbocycles. The minimum Gasteiger partial charge on any atom is -0.465 e. The van der Waals surface area contributed by atoms with E-state index in [1.165, 1.54) is 0 Å². The smallest absolute Gasteiger partial charge is 0.325 e. The summed E-state index contributed by atoms with van der Waals surface area (Å²) >= 11 is 3.46. The number of nitrogens with zero attached hydrogens (tertiary/aromatic N) is 1. The van der Waals surface area contributed by atoms with E-state index in [0.717, 1.165) is 20.9 Å². The Hall–Kier alpha value is -1.95. The Morgan fingerprint density at radius 2 is 2.10 bits per heavy atom. The fourth-order valence-corrected chi connectivity index (χ4v) is 2.47. The maximum atomic E-state index is 12.2. The molecule has 21 heavy (non-hydrogen) atoms. The summed E-state index contributed by atoms with van der Waals surface area (Å²) in [7, 11) is 0. The lowest BCUT2D eigenvalue weighted by atomic mass is 10.1. The van der Waals surface area contributed by atoms with Crippen LogP contribution >= 0.6 is 15.9 Å². The second kappa shape index (κ2) is 6.67. The number of hydrogen-bond acceptors (Lipinski definition) is 4. The largest absolute Gasteiger partial charge is 0.465 e. The summed E-state index contributed by atoms with van der Waals surface area (Å²) in [6, 6.07) is 7.47. The Labute approximate surface area is 130 Å². The van der Waals surface area contributed by atoms with Crippen LogP contribution in [-0.4, -0.2) is 30.0 Å². The number of aryl methyl sites for hydroxylation is 1. The van der Waals surface area contributed by atoms with Crippen molar-refractivity contribution in [3.8, 4) is 0 Å². The number of rotatable bonds is 4. The van der Waals surface area contributed by atoms with E-state index in [4.69, 9.17) is 4.74 Å². The summed E-state index contributed by atoms with van der Waals surface area (Å²) in [4.78, 5) is 27.8. The zero-order chi connectivity index (χ0) is 15.4. The molecule has 1 aromatic heterocycles. The average molecular weight is 351 g/mol. The maximum absolute atomic E-state index is 12.2. The van der Waals surface area contributed by atoms with Crippen LogP contribution in [0.15, 0.2) is 28.7 Å². The van der Waals surface area contributed by atoms with Crippen molar-refractivity contribution < 1.29 is 14.3 Å². The third-order valence-electron chi connectivity index (χ3n) is 2.86. The summed E-state index contributed by atoms with van der Waals surface area (Å²) in [6.07, 6.45) is 0. The summed E-state index contributed by atoms with van der Waals surface area (Å²) in [5, 5.41) is 4.17. The van der Waals surface area contributed by atoms with E-state index in [2.05, 4.69) is 26.2 Å². The molecule has 1 heterocycles. The molecule has 0 saturated heterocycles. The predicted molar refractivity (Wildman–Crippen MR) is 83.1 cm³/mol. The lowest BCUT2D eigenvalue weighted by Gasteiger charge is -2.09. The number of aromatic nitrogens is 1. The Bertz CT molecular complexity index is 701. The molecule has 0 spiro atoms. The number of amides is 1. The van der Waals surface area contributed by atoms with Gasteiger partial charge in [-0.05, 0) is 26.0 Å². The van der Waals surface area contributed by atoms with E-state index in [0.29, 0.717) is 5.69 Å². The normalized spacial score (nSPS) is 10.4. The molecule has 0 bridgehead atoms. The highest BCUT2D eigenvalue weighted by Crippen LogP contribution is 2.26. The summed E-state index contributed by atoms with van der Waals surface area (Å²) in [5.74, 6) is -0.862. The first-order chi connectivity index (χ1) is 10.0. The fourth-order valence-electron chi connectivity index (χ4n) is 1.99. The van der Waals surface area contributed by atoms with Gasteiger partial charge >= 0.3 is 5.97 Å². The van der Waals surface area contributed by atoms with Gasteiger partial charge in [-0.1, -0.05) is 28.1 Å². The number of pyridine rings is 1. The molecule has 0 saturated carbocycles. The topological polar surface area (TPSA) is 68.3 Å². The van der Waals surface area contributed by atoms with Gasteiger partial charge in [-0.15, -0.1) is 0 Å². The molecule has 0 aliphatic carbocycles. The molecule has 2 aromatic rings. The standard InChI is InChI=1S/C15H15BrN2O3/c1-3-21-13(19)8-17-15(20)14-10-5-4-6-12(16)11(10)7-9(2)18-14/h4-7H,3,8H2,1-2H3,(H,17,20). The number of nitrogens with one attached hydrogen (secondary N) is 1. The molecule has 0 radical (unpaired) electrons. The first-order valence-corrected chi connectivity index (χ1v) is 7.32. The van der Waals surface area contributed by atoms with Gasteiger partial charge in [-0.25, -0.2) is 4.98 Å². The predicted octanol–water partition coefficient (Wildman–Crippen LogP) is 2.60. The molecule has 0 aliphatic heterocycles. The molecular formula is C15H15BrN2O3. The number of hydrogen-bond donors (Lipinski definition) is 1. The average Bonchev–Trinajstić information content (AvgIpc) is 2.45. The first-order valence-electron chi connectivity index (χ1n) is 6.52. The quantitative estimate of drug-likeness (QED) is 0.860. The van der Waals surface area contributed by atoms with E-state index in [1.54, 1.807) is 6.92 Å². The summed E-state index contributed by atoms with van der Waals surface area (Å²) in [5.41, 5.74) is 1.03. The van der Waals surface area contributed by atoms with Crippen LogP contribution in [0.1, 0.15) is 23.1 Å². The van der Waals surface area contributed by atoms with Crippen LogP contribution in [-0.2, 0) is 9.53 Å². The lowest BCUT2D eigenvalue weighted by Crippen LogP contribution is -2.31. The minimum absolute atomic E-state index is 0.169. The van der Waals surface area contributed by atoms with Crippen LogP contribution < -0.4 is 5.32 Å². The SMILES string of the molecule is CCOC(=O)CNC(=O)c1nc(C)cc2c(Br)cccc12. The molecule has 1 amide bonds. The van der Waals surface area contributed by atoms with Gasteiger partial charge in [0.25, 0.3) is 5.91 Å². The van der Waals surface area contributed by atoms with Crippen molar-refractivity contribution in [3.05, 3.63) is 40.1 Å². The van der Waals surface area contributed by atoms with Crippen LogP contribution in [0.25, 0.3) is 10.8 Å². The van der Waals surface area contributed by atoms with Crippen molar-refractivity contribution >= 4 is 38.6 Å². The van der Waals surface area contributed by atoms with Crippen molar-refractivity contribution in [2.45, 2.75) is 13.8 Å². The van der Waals surface area contributed by atoms with E-state index >= 15 is 0 Å². The van der Waals surface area contributed by atoms with Crippen LogP contribution in [0, 0.1) is 6.92 Å². The van der Waals surface area contributed by atoms with Gasteiger partial charge in [0.2, 0.25) is 0 Å². The summed E-state index contributed by atoms with van der Waals surface area (Å²) < 4.78 is 5.67. The van der Waals surface area contributed by atoms with E-state index < -0.39 is 11.9 Å². The molecule has 0 aliphatic rings.